The SMILES string of the molecule is CCN1CC2(CCN(C(=O)[C@H]3CCCCN3C(=O)OC)CC2)CC1=O. The first-order chi connectivity index (χ1) is 12.0. The first-order valence-electron chi connectivity index (χ1n) is 9.41. The first kappa shape index (κ1) is 18.0. The van der Waals surface area contributed by atoms with Gasteiger partial charge in [-0.15, -0.1) is 0 Å². The Balaban J connectivity index is 1.61. The van der Waals surface area contributed by atoms with E-state index in [9.17, 15) is 14.4 Å². The molecule has 140 valence electrons. The Kier molecular flexibility index (Phi) is 5.20. The molecule has 3 rings (SSSR count). The molecule has 3 fully saturated rings. The van der Waals surface area contributed by atoms with Crippen molar-refractivity contribution in [3.8, 4) is 0 Å². The van der Waals surface area contributed by atoms with Gasteiger partial charge < -0.3 is 14.5 Å². The number of piperidine rings is 2. The second-order valence-electron chi connectivity index (χ2n) is 7.58. The number of ether oxygens (including phenoxy) is 1. The molecule has 3 saturated heterocycles. The second-order valence-corrected chi connectivity index (χ2v) is 7.58. The summed E-state index contributed by atoms with van der Waals surface area (Å²) >= 11 is 0. The number of carbonyl (C=O) groups is 3. The number of carbonyl (C=O) groups excluding carboxylic acids is 3. The molecule has 0 aromatic carbocycles. The van der Waals surface area contributed by atoms with Crippen LogP contribution >= 0.6 is 0 Å². The van der Waals surface area contributed by atoms with E-state index >= 15 is 0 Å². The molecule has 0 unspecified atom stereocenters. The van der Waals surface area contributed by atoms with Crippen molar-refractivity contribution in [3.05, 3.63) is 0 Å². The van der Waals surface area contributed by atoms with E-state index in [0.717, 1.165) is 38.8 Å². The van der Waals surface area contributed by atoms with Gasteiger partial charge in [0.15, 0.2) is 0 Å². The van der Waals surface area contributed by atoms with Crippen molar-refractivity contribution in [1.29, 1.82) is 0 Å². The summed E-state index contributed by atoms with van der Waals surface area (Å²) in [6.07, 6.45) is 4.51. The Morgan fingerprint density at radius 3 is 2.52 bits per heavy atom. The third-order valence-corrected chi connectivity index (χ3v) is 6.12. The molecule has 0 bridgehead atoms. The van der Waals surface area contributed by atoms with Crippen LogP contribution in [-0.4, -0.2) is 78.5 Å². The summed E-state index contributed by atoms with van der Waals surface area (Å²) < 4.78 is 4.84. The standard InChI is InChI=1S/C18H29N3O4/c1-3-19-13-18(12-15(19)22)7-10-20(11-8-18)16(23)14-6-4-5-9-21(14)17(24)25-2/h14H,3-13H2,1-2H3/t14-/m1/s1. The number of rotatable bonds is 2. The van der Waals surface area contributed by atoms with E-state index in [4.69, 9.17) is 4.74 Å². The molecule has 25 heavy (non-hydrogen) atoms. The highest BCUT2D eigenvalue weighted by molar-refractivity contribution is 5.86. The predicted molar refractivity (Wildman–Crippen MR) is 91.9 cm³/mol. The van der Waals surface area contributed by atoms with Gasteiger partial charge in [-0.05, 0) is 39.0 Å². The molecule has 3 heterocycles. The van der Waals surface area contributed by atoms with Gasteiger partial charge in [0, 0.05) is 44.6 Å². The normalized spacial score (nSPS) is 26.2. The van der Waals surface area contributed by atoms with Crippen molar-refractivity contribution in [2.24, 2.45) is 5.41 Å². The zero-order valence-electron chi connectivity index (χ0n) is 15.3. The lowest BCUT2D eigenvalue weighted by atomic mass is 9.77. The highest BCUT2D eigenvalue weighted by atomic mass is 16.5. The van der Waals surface area contributed by atoms with Crippen LogP contribution in [0.5, 0.6) is 0 Å². The number of hydrogen-bond donors (Lipinski definition) is 0. The molecular formula is C18H29N3O4. The average Bonchev–Trinajstić information content (AvgIpc) is 2.96. The van der Waals surface area contributed by atoms with E-state index in [0.29, 0.717) is 32.5 Å². The first-order valence-corrected chi connectivity index (χ1v) is 9.41. The zero-order valence-corrected chi connectivity index (χ0v) is 15.3. The smallest absolute Gasteiger partial charge is 0.410 e. The summed E-state index contributed by atoms with van der Waals surface area (Å²) in [5.74, 6) is 0.281. The third-order valence-electron chi connectivity index (χ3n) is 6.12. The van der Waals surface area contributed by atoms with Crippen molar-refractivity contribution in [1.82, 2.24) is 14.7 Å². The minimum atomic E-state index is -0.411. The van der Waals surface area contributed by atoms with Crippen LogP contribution in [0.15, 0.2) is 0 Å². The molecular weight excluding hydrogens is 322 g/mol. The molecule has 1 spiro atoms. The number of nitrogens with zero attached hydrogens (tertiary/aromatic N) is 3. The van der Waals surface area contributed by atoms with E-state index in [1.807, 2.05) is 16.7 Å². The van der Waals surface area contributed by atoms with Gasteiger partial charge in [-0.2, -0.15) is 0 Å². The molecule has 0 aliphatic carbocycles. The molecule has 7 heteroatoms. The van der Waals surface area contributed by atoms with Gasteiger partial charge in [0.05, 0.1) is 7.11 Å². The minimum absolute atomic E-state index is 0.0385. The Morgan fingerprint density at radius 2 is 1.92 bits per heavy atom. The van der Waals surface area contributed by atoms with Gasteiger partial charge in [0.2, 0.25) is 11.8 Å². The molecule has 1 atom stereocenters. The number of amides is 3. The van der Waals surface area contributed by atoms with Crippen LogP contribution in [0.1, 0.15) is 45.4 Å². The van der Waals surface area contributed by atoms with E-state index in [1.54, 1.807) is 4.90 Å². The summed E-state index contributed by atoms with van der Waals surface area (Å²) in [4.78, 5) is 42.4. The van der Waals surface area contributed by atoms with Gasteiger partial charge in [0.1, 0.15) is 6.04 Å². The number of likely N-dealkylation sites (tertiary alicyclic amines) is 3. The fourth-order valence-corrected chi connectivity index (χ4v) is 4.54. The lowest BCUT2D eigenvalue weighted by Crippen LogP contribution is -2.55. The van der Waals surface area contributed by atoms with Crippen LogP contribution < -0.4 is 0 Å². The van der Waals surface area contributed by atoms with Gasteiger partial charge in [-0.25, -0.2) is 4.79 Å². The summed E-state index contributed by atoms with van der Waals surface area (Å²) in [6, 6.07) is -0.396. The van der Waals surface area contributed by atoms with Gasteiger partial charge >= 0.3 is 6.09 Å². The van der Waals surface area contributed by atoms with Crippen LogP contribution in [0.3, 0.4) is 0 Å². The summed E-state index contributed by atoms with van der Waals surface area (Å²) in [6.45, 7) is 5.53. The van der Waals surface area contributed by atoms with Gasteiger partial charge in [0.25, 0.3) is 0 Å². The number of hydrogen-bond acceptors (Lipinski definition) is 4. The molecule has 0 radical (unpaired) electrons. The maximum atomic E-state index is 13.0. The summed E-state index contributed by atoms with van der Waals surface area (Å²) in [7, 11) is 1.36. The topological polar surface area (TPSA) is 70.2 Å². The minimum Gasteiger partial charge on any atom is -0.453 e. The Labute approximate surface area is 149 Å². The van der Waals surface area contributed by atoms with Crippen molar-refractivity contribution >= 4 is 17.9 Å². The maximum Gasteiger partial charge on any atom is 0.410 e. The van der Waals surface area contributed by atoms with Crippen LogP contribution in [0.4, 0.5) is 4.79 Å². The molecule has 0 aromatic heterocycles. The fourth-order valence-electron chi connectivity index (χ4n) is 4.54. The Hall–Kier alpha value is -1.79. The molecule has 3 aliphatic rings. The Bertz CT molecular complexity index is 542. The summed E-state index contributed by atoms with van der Waals surface area (Å²) in [5.41, 5.74) is 0.0402. The monoisotopic (exact) mass is 351 g/mol. The number of methoxy groups -OCH3 is 1. The lowest BCUT2D eigenvalue weighted by Gasteiger charge is -2.42. The highest BCUT2D eigenvalue weighted by Crippen LogP contribution is 2.41. The fraction of sp³-hybridized carbons (Fsp3) is 0.833. The van der Waals surface area contributed by atoms with Crippen LogP contribution in [0.2, 0.25) is 0 Å². The lowest BCUT2D eigenvalue weighted by molar-refractivity contribution is -0.139. The average molecular weight is 351 g/mol. The molecule has 0 aromatic rings. The zero-order chi connectivity index (χ0) is 18.0. The third kappa shape index (κ3) is 3.46. The van der Waals surface area contributed by atoms with Gasteiger partial charge in [-0.3, -0.25) is 14.5 Å². The van der Waals surface area contributed by atoms with Crippen LogP contribution in [0.25, 0.3) is 0 Å². The van der Waals surface area contributed by atoms with Crippen molar-refractivity contribution in [2.75, 3.05) is 39.8 Å². The Morgan fingerprint density at radius 1 is 1.20 bits per heavy atom. The maximum absolute atomic E-state index is 13.0. The summed E-state index contributed by atoms with van der Waals surface area (Å²) in [5, 5.41) is 0. The van der Waals surface area contributed by atoms with Crippen LogP contribution in [0, 0.1) is 5.41 Å². The highest BCUT2D eigenvalue weighted by Gasteiger charge is 2.46. The second kappa shape index (κ2) is 7.22. The largest absolute Gasteiger partial charge is 0.453 e. The van der Waals surface area contributed by atoms with E-state index in [1.165, 1.54) is 7.11 Å². The molecule has 0 N–H and O–H groups in total. The molecule has 3 amide bonds. The van der Waals surface area contributed by atoms with E-state index in [-0.39, 0.29) is 17.2 Å². The quantitative estimate of drug-likeness (QED) is 0.755. The predicted octanol–water partition coefficient (Wildman–Crippen LogP) is 1.47. The van der Waals surface area contributed by atoms with Crippen molar-refractivity contribution < 1.29 is 19.1 Å². The van der Waals surface area contributed by atoms with Crippen LogP contribution in [-0.2, 0) is 14.3 Å². The van der Waals surface area contributed by atoms with Gasteiger partial charge in [-0.1, -0.05) is 0 Å². The molecule has 0 saturated carbocycles. The van der Waals surface area contributed by atoms with E-state index in [2.05, 4.69) is 0 Å². The molecule has 3 aliphatic heterocycles. The van der Waals surface area contributed by atoms with Crippen molar-refractivity contribution in [2.45, 2.75) is 51.5 Å². The van der Waals surface area contributed by atoms with Crippen molar-refractivity contribution in [3.63, 3.8) is 0 Å². The molecule has 7 nitrogen and oxygen atoms in total. The van der Waals surface area contributed by atoms with E-state index < -0.39 is 12.1 Å².